The zero-order chi connectivity index (χ0) is 22.3. The molecular weight excluding hydrogens is 400 g/mol. The quantitative estimate of drug-likeness (QED) is 0.625. The molecule has 4 nitrogen and oxygen atoms in total. The predicted molar refractivity (Wildman–Crippen MR) is 137 cm³/mol. The summed E-state index contributed by atoms with van der Waals surface area (Å²) >= 11 is 4.70. The van der Waals surface area contributed by atoms with E-state index in [-0.39, 0.29) is 5.41 Å². The number of thiol groups is 1. The maximum absolute atomic E-state index is 4.70. The van der Waals surface area contributed by atoms with Crippen LogP contribution in [0.2, 0.25) is 0 Å². The Kier molecular flexibility index (Phi) is 6.37. The summed E-state index contributed by atoms with van der Waals surface area (Å²) in [5.41, 5.74) is 7.26. The zero-order valence-corrected chi connectivity index (χ0v) is 21.1. The molecule has 0 saturated carbocycles. The number of anilines is 2. The fraction of sp³-hybridized carbons (Fsp3) is 0.615. The average molecular weight is 441 g/mol. The SMILES string of the molecule is CCc1ccc2c(c1)N(C(C)C)CCN2CC(C)(C)c1ccn2c1CN(C(C)S)CC2. The van der Waals surface area contributed by atoms with E-state index in [0.717, 1.165) is 45.7 Å². The fourth-order valence-electron chi connectivity index (χ4n) is 5.35. The number of nitrogens with zero attached hydrogens (tertiary/aromatic N) is 4. The summed E-state index contributed by atoms with van der Waals surface area (Å²) in [6, 6.07) is 9.98. The van der Waals surface area contributed by atoms with Crippen molar-refractivity contribution in [2.75, 3.05) is 36.0 Å². The van der Waals surface area contributed by atoms with E-state index in [4.69, 9.17) is 12.6 Å². The highest BCUT2D eigenvalue weighted by Crippen LogP contribution is 2.39. The normalized spacial score (nSPS) is 18.3. The topological polar surface area (TPSA) is 14.7 Å². The second-order valence-electron chi connectivity index (χ2n) is 10.2. The molecule has 1 aromatic carbocycles. The van der Waals surface area contributed by atoms with E-state index in [1.54, 1.807) is 0 Å². The van der Waals surface area contributed by atoms with Gasteiger partial charge in [-0.25, -0.2) is 0 Å². The van der Waals surface area contributed by atoms with Gasteiger partial charge in [0.25, 0.3) is 0 Å². The van der Waals surface area contributed by atoms with Crippen molar-refractivity contribution in [1.82, 2.24) is 9.47 Å². The van der Waals surface area contributed by atoms with Gasteiger partial charge in [0.1, 0.15) is 0 Å². The molecule has 0 radical (unpaired) electrons. The molecule has 3 heterocycles. The van der Waals surface area contributed by atoms with Gasteiger partial charge in [-0.3, -0.25) is 4.90 Å². The van der Waals surface area contributed by atoms with Gasteiger partial charge in [-0.15, -0.1) is 0 Å². The molecule has 2 aromatic rings. The van der Waals surface area contributed by atoms with Gasteiger partial charge < -0.3 is 14.4 Å². The van der Waals surface area contributed by atoms with Crippen molar-refractivity contribution in [2.24, 2.45) is 0 Å². The molecule has 0 N–H and O–H groups in total. The van der Waals surface area contributed by atoms with Crippen molar-refractivity contribution in [1.29, 1.82) is 0 Å². The van der Waals surface area contributed by atoms with Gasteiger partial charge in [-0.05, 0) is 56.5 Å². The number of hydrogen-bond donors (Lipinski definition) is 1. The van der Waals surface area contributed by atoms with E-state index in [1.165, 1.54) is 28.2 Å². The first-order valence-corrected chi connectivity index (χ1v) is 12.5. The summed E-state index contributed by atoms with van der Waals surface area (Å²) in [6.45, 7) is 20.2. The Balaban J connectivity index is 1.63. The van der Waals surface area contributed by atoms with Crippen LogP contribution in [-0.4, -0.2) is 47.1 Å². The minimum Gasteiger partial charge on any atom is -0.367 e. The molecular formula is C26H40N4S. The third-order valence-corrected chi connectivity index (χ3v) is 7.56. The van der Waals surface area contributed by atoms with Gasteiger partial charge in [0.15, 0.2) is 0 Å². The van der Waals surface area contributed by atoms with E-state index in [1.807, 2.05) is 0 Å². The summed E-state index contributed by atoms with van der Waals surface area (Å²) in [7, 11) is 0. The Hall–Kier alpha value is -1.59. The fourth-order valence-corrected chi connectivity index (χ4v) is 5.55. The summed E-state index contributed by atoms with van der Waals surface area (Å²) in [4.78, 5) is 7.67. The molecule has 4 rings (SSSR count). The van der Waals surface area contributed by atoms with E-state index >= 15 is 0 Å². The molecule has 2 aliphatic heterocycles. The van der Waals surface area contributed by atoms with Crippen LogP contribution in [0.25, 0.3) is 0 Å². The number of fused-ring (bicyclic) bond motifs is 2. The summed E-state index contributed by atoms with van der Waals surface area (Å²) in [5.74, 6) is 0. The summed E-state index contributed by atoms with van der Waals surface area (Å²) in [5, 5.41) is 0.295. The molecule has 1 unspecified atom stereocenters. The second kappa shape index (κ2) is 8.74. The van der Waals surface area contributed by atoms with Crippen molar-refractivity contribution in [3.05, 3.63) is 47.3 Å². The monoisotopic (exact) mass is 440 g/mol. The Labute approximate surface area is 194 Å². The van der Waals surface area contributed by atoms with Crippen molar-refractivity contribution in [2.45, 2.75) is 77.9 Å². The van der Waals surface area contributed by atoms with Gasteiger partial charge in [-0.1, -0.05) is 26.8 Å². The van der Waals surface area contributed by atoms with Crippen molar-refractivity contribution < 1.29 is 0 Å². The molecule has 5 heteroatoms. The maximum Gasteiger partial charge on any atom is 0.0609 e. The molecule has 0 fully saturated rings. The number of rotatable bonds is 6. The van der Waals surface area contributed by atoms with Crippen LogP contribution in [0.3, 0.4) is 0 Å². The van der Waals surface area contributed by atoms with Crippen LogP contribution in [0.1, 0.15) is 58.4 Å². The van der Waals surface area contributed by atoms with Crippen molar-refractivity contribution in [3.63, 3.8) is 0 Å². The Bertz CT molecular complexity index is 914. The highest BCUT2D eigenvalue weighted by molar-refractivity contribution is 7.80. The smallest absolute Gasteiger partial charge is 0.0609 e. The van der Waals surface area contributed by atoms with Crippen LogP contribution in [-0.2, 0) is 24.9 Å². The van der Waals surface area contributed by atoms with E-state index in [2.05, 4.69) is 91.3 Å². The molecule has 0 aliphatic carbocycles. The first kappa shape index (κ1) is 22.6. The third kappa shape index (κ3) is 4.36. The minimum atomic E-state index is 0.0735. The lowest BCUT2D eigenvalue weighted by Gasteiger charge is -2.44. The highest BCUT2D eigenvalue weighted by Gasteiger charge is 2.33. The standard InChI is InChI=1S/C26H40N4S/c1-7-21-8-9-23-24(16-21)30(19(2)3)15-14-29(23)18-26(5,6)22-10-11-27-12-13-28(20(4)31)17-25(22)27/h8-11,16,19-20,31H,7,12-15,17-18H2,1-6H3. The Morgan fingerprint density at radius 3 is 2.45 bits per heavy atom. The number of aryl methyl sites for hydroxylation is 1. The van der Waals surface area contributed by atoms with Crippen LogP contribution in [0.4, 0.5) is 11.4 Å². The third-order valence-electron chi connectivity index (χ3n) is 7.24. The van der Waals surface area contributed by atoms with E-state index in [9.17, 15) is 0 Å². The molecule has 1 atom stereocenters. The second-order valence-corrected chi connectivity index (χ2v) is 11.0. The number of aromatic nitrogens is 1. The van der Waals surface area contributed by atoms with E-state index in [0.29, 0.717) is 11.4 Å². The lowest BCUT2D eigenvalue weighted by atomic mass is 9.83. The number of hydrogen-bond acceptors (Lipinski definition) is 4. The molecule has 1 aromatic heterocycles. The molecule has 0 bridgehead atoms. The first-order chi connectivity index (χ1) is 14.7. The van der Waals surface area contributed by atoms with Crippen LogP contribution in [0.5, 0.6) is 0 Å². The first-order valence-electron chi connectivity index (χ1n) is 12.0. The summed E-state index contributed by atoms with van der Waals surface area (Å²) < 4.78 is 2.46. The Morgan fingerprint density at radius 1 is 1.00 bits per heavy atom. The summed E-state index contributed by atoms with van der Waals surface area (Å²) in [6.07, 6.45) is 3.38. The van der Waals surface area contributed by atoms with Crippen LogP contribution < -0.4 is 9.80 Å². The van der Waals surface area contributed by atoms with Crippen LogP contribution in [0.15, 0.2) is 30.5 Å². The maximum atomic E-state index is 4.70. The lowest BCUT2D eigenvalue weighted by Crippen LogP contribution is -2.48. The van der Waals surface area contributed by atoms with Gasteiger partial charge in [0.2, 0.25) is 0 Å². The molecule has 0 amide bonds. The van der Waals surface area contributed by atoms with Gasteiger partial charge >= 0.3 is 0 Å². The molecule has 0 saturated heterocycles. The molecule has 0 spiro atoms. The highest BCUT2D eigenvalue weighted by atomic mass is 32.1. The number of benzene rings is 1. The lowest BCUT2D eigenvalue weighted by molar-refractivity contribution is 0.213. The van der Waals surface area contributed by atoms with E-state index < -0.39 is 0 Å². The van der Waals surface area contributed by atoms with Crippen molar-refractivity contribution >= 4 is 24.0 Å². The largest absolute Gasteiger partial charge is 0.367 e. The average Bonchev–Trinajstić information content (AvgIpc) is 3.17. The molecule has 170 valence electrons. The van der Waals surface area contributed by atoms with Crippen molar-refractivity contribution in [3.8, 4) is 0 Å². The predicted octanol–water partition coefficient (Wildman–Crippen LogP) is 5.15. The van der Waals surface area contributed by atoms with Gasteiger partial charge in [0, 0.05) is 62.6 Å². The minimum absolute atomic E-state index is 0.0735. The van der Waals surface area contributed by atoms with Gasteiger partial charge in [-0.2, -0.15) is 12.6 Å². The van der Waals surface area contributed by atoms with Crippen LogP contribution >= 0.6 is 12.6 Å². The zero-order valence-electron chi connectivity index (χ0n) is 20.2. The molecule has 31 heavy (non-hydrogen) atoms. The van der Waals surface area contributed by atoms with Crippen LogP contribution in [0, 0.1) is 0 Å². The Morgan fingerprint density at radius 2 is 1.77 bits per heavy atom. The van der Waals surface area contributed by atoms with Gasteiger partial charge in [0.05, 0.1) is 16.7 Å². The molecule has 2 aliphatic rings.